The van der Waals surface area contributed by atoms with E-state index < -0.39 is 6.09 Å². The van der Waals surface area contributed by atoms with E-state index in [2.05, 4.69) is 10.6 Å². The summed E-state index contributed by atoms with van der Waals surface area (Å²) in [6, 6.07) is 13.3. The molecule has 2 aromatic carbocycles. The van der Waals surface area contributed by atoms with Crippen LogP contribution < -0.4 is 16.4 Å². The minimum Gasteiger partial charge on any atom is -0.449 e. The molecule has 6 nitrogen and oxygen atoms in total. The normalized spacial score (nSPS) is 15.0. The molecular weight excluding hydrogens is 294 g/mol. The second-order valence-corrected chi connectivity index (χ2v) is 5.24. The fraction of sp³-hybridized carbons (Fsp3) is 0.176. The highest BCUT2D eigenvalue weighted by Crippen LogP contribution is 2.45. The summed E-state index contributed by atoms with van der Waals surface area (Å²) in [5.74, 6) is -0.139. The molecule has 0 radical (unpaired) electrons. The average Bonchev–Trinajstić information content (AvgIpc) is 2.92. The van der Waals surface area contributed by atoms with Gasteiger partial charge in [-0.1, -0.05) is 30.3 Å². The van der Waals surface area contributed by atoms with E-state index >= 15 is 0 Å². The highest BCUT2D eigenvalue weighted by atomic mass is 16.5. The first-order valence-electron chi connectivity index (χ1n) is 7.70. The molecule has 0 fully saturated rings. The molecule has 1 aliphatic carbocycles. The summed E-state index contributed by atoms with van der Waals surface area (Å²) in [6.07, 6.45) is -0.791. The monoisotopic (exact) mass is 312 g/mol. The number of nitrogens with two attached hydrogens (primary N) is 1. The molecule has 0 bridgehead atoms. The molecule has 23 heavy (non-hydrogen) atoms. The van der Waals surface area contributed by atoms with Gasteiger partial charge in [-0.2, -0.15) is 0 Å². The second kappa shape index (κ2) is 6.00. The zero-order valence-electron chi connectivity index (χ0n) is 13.6. The number of hydrogen-bond donors (Lipinski definition) is 3. The highest BCUT2D eigenvalue weighted by Gasteiger charge is 2.29. The number of hydrogen-bond acceptors (Lipinski definition) is 3. The van der Waals surface area contributed by atoms with Crippen molar-refractivity contribution < 1.29 is 15.7 Å². The molecule has 3 rings (SSSR count). The van der Waals surface area contributed by atoms with Crippen LogP contribution in [-0.4, -0.2) is 25.8 Å². The standard InChI is InChI=1S/C17H17N3O3/c1-19-17(22)20-10-6-7-13-11-4-2-3-5-12(11)15(14(13)8-10)9-23-16(18)21/h2-8,15H,9H2,1H3,(H2,18,21)(H2,19,20,22)/i/hD. The minimum atomic E-state index is -0.791. The molecule has 3 amide bonds. The molecule has 0 spiro atoms. The van der Waals surface area contributed by atoms with Crippen molar-refractivity contribution in [2.24, 2.45) is 5.73 Å². The van der Waals surface area contributed by atoms with Crippen molar-refractivity contribution in [3.63, 3.8) is 0 Å². The van der Waals surface area contributed by atoms with Crippen LogP contribution in [0.3, 0.4) is 0 Å². The van der Waals surface area contributed by atoms with Crippen LogP contribution in [0, 0.1) is 0 Å². The molecule has 2 aromatic rings. The van der Waals surface area contributed by atoms with Gasteiger partial charge in [0.25, 0.3) is 0 Å². The van der Waals surface area contributed by atoms with Crippen molar-refractivity contribution in [3.8, 4) is 11.1 Å². The lowest BCUT2D eigenvalue weighted by Crippen LogP contribution is -2.24. The Bertz CT molecular complexity index is 794. The van der Waals surface area contributed by atoms with Crippen molar-refractivity contribution in [1.29, 1.82) is 0 Å². The van der Waals surface area contributed by atoms with Gasteiger partial charge in [0, 0.05) is 18.7 Å². The Morgan fingerprint density at radius 3 is 2.78 bits per heavy atom. The molecule has 6 heteroatoms. The number of amides is 3. The van der Waals surface area contributed by atoms with E-state index in [4.69, 9.17) is 6.15 Å². The molecule has 0 aliphatic heterocycles. The summed E-state index contributed by atoms with van der Waals surface area (Å²) < 4.78 is 11.9. The van der Waals surface area contributed by atoms with E-state index in [-0.39, 0.29) is 18.6 Å². The summed E-state index contributed by atoms with van der Waals surface area (Å²) in [4.78, 5) is 22.8. The molecule has 0 saturated heterocycles. The van der Waals surface area contributed by atoms with Gasteiger partial charge in [-0.25, -0.2) is 9.59 Å². The molecule has 0 saturated carbocycles. The van der Waals surface area contributed by atoms with Crippen molar-refractivity contribution in [3.05, 3.63) is 53.6 Å². The van der Waals surface area contributed by atoms with Crippen LogP contribution in [0.15, 0.2) is 42.5 Å². The smallest absolute Gasteiger partial charge is 0.404 e. The minimum absolute atomic E-state index is 0.123. The van der Waals surface area contributed by atoms with E-state index in [9.17, 15) is 9.59 Å². The van der Waals surface area contributed by atoms with E-state index in [0.717, 1.165) is 22.3 Å². The molecule has 0 heterocycles. The van der Waals surface area contributed by atoms with Gasteiger partial charge in [-0.3, -0.25) is 0 Å². The first kappa shape index (κ1) is 13.6. The zero-order valence-corrected chi connectivity index (χ0v) is 12.6. The second-order valence-electron chi connectivity index (χ2n) is 5.24. The first-order valence-corrected chi connectivity index (χ1v) is 7.20. The number of urea groups is 1. The molecule has 1 atom stereocenters. The lowest BCUT2D eigenvalue weighted by atomic mass is 9.97. The Morgan fingerprint density at radius 2 is 2.00 bits per heavy atom. The van der Waals surface area contributed by atoms with Crippen molar-refractivity contribution in [2.75, 3.05) is 19.0 Å². The lowest BCUT2D eigenvalue weighted by Gasteiger charge is -2.14. The van der Waals surface area contributed by atoms with Gasteiger partial charge in [0.2, 0.25) is 0 Å². The third-order valence-electron chi connectivity index (χ3n) is 3.92. The van der Waals surface area contributed by atoms with Gasteiger partial charge in [0.1, 0.15) is 6.61 Å². The third-order valence-corrected chi connectivity index (χ3v) is 3.92. The van der Waals surface area contributed by atoms with Crippen LogP contribution in [0.4, 0.5) is 15.3 Å². The van der Waals surface area contributed by atoms with Crippen molar-refractivity contribution >= 4 is 17.8 Å². The maximum atomic E-state index is 11.5. The van der Waals surface area contributed by atoms with Gasteiger partial charge in [-0.15, -0.1) is 0 Å². The van der Waals surface area contributed by atoms with Crippen LogP contribution in [0.25, 0.3) is 11.1 Å². The number of fused-ring (bicyclic) bond motifs is 3. The van der Waals surface area contributed by atoms with Gasteiger partial charge in [-0.05, 0) is 34.4 Å². The average molecular weight is 312 g/mol. The maximum absolute atomic E-state index is 11.5. The number of anilines is 1. The first-order chi connectivity index (χ1) is 11.6. The van der Waals surface area contributed by atoms with Gasteiger partial charge in [0.05, 0.1) is 0 Å². The van der Waals surface area contributed by atoms with E-state index in [1.807, 2.05) is 42.5 Å². The molecule has 118 valence electrons. The number of nitrogens with one attached hydrogen (secondary N) is 2. The molecule has 4 N–H and O–H groups in total. The highest BCUT2D eigenvalue weighted by molar-refractivity contribution is 5.90. The Labute approximate surface area is 135 Å². The summed E-state index contributed by atoms with van der Waals surface area (Å²) in [7, 11) is 1.55. The lowest BCUT2D eigenvalue weighted by molar-refractivity contribution is 0.153. The van der Waals surface area contributed by atoms with Crippen LogP contribution in [0.2, 0.25) is 1.41 Å². The van der Waals surface area contributed by atoms with E-state index in [1.165, 1.54) is 0 Å². The molecule has 1 aliphatic rings. The summed E-state index contributed by atoms with van der Waals surface area (Å²) in [5.41, 5.74) is 6.53. The number of carbonyl (C=O) groups excluding carboxylic acids is 2. The molecule has 1 unspecified atom stereocenters. The van der Waals surface area contributed by atoms with Gasteiger partial charge < -0.3 is 21.1 Å². The maximum Gasteiger partial charge on any atom is 0.404 e. The number of carbonyl (C=O) groups is 2. The fourth-order valence-electron chi connectivity index (χ4n) is 2.92. The SMILES string of the molecule is [2H]NC(=O)OCC1c2ccccc2-c2ccc(NC(=O)NC)cc21. The summed E-state index contributed by atoms with van der Waals surface area (Å²) in [5, 5.41) is 5.25. The number of primary amides is 1. The van der Waals surface area contributed by atoms with Crippen LogP contribution in [0.5, 0.6) is 0 Å². The van der Waals surface area contributed by atoms with Crippen LogP contribution in [-0.2, 0) is 4.74 Å². The Hall–Kier alpha value is -3.02. The van der Waals surface area contributed by atoms with Crippen LogP contribution in [0.1, 0.15) is 17.0 Å². The predicted octanol–water partition coefficient (Wildman–Crippen LogP) is 2.65. The topological polar surface area (TPSA) is 93.5 Å². The molecular formula is C17H17N3O3. The fourth-order valence-corrected chi connectivity index (χ4v) is 2.92. The Balaban J connectivity index is 1.96. The van der Waals surface area contributed by atoms with Crippen molar-refractivity contribution in [1.82, 2.24) is 5.32 Å². The quantitative estimate of drug-likeness (QED) is 0.813. The zero-order chi connectivity index (χ0) is 17.1. The van der Waals surface area contributed by atoms with Gasteiger partial charge >= 0.3 is 12.1 Å². The largest absolute Gasteiger partial charge is 0.449 e. The predicted molar refractivity (Wildman–Crippen MR) is 87.3 cm³/mol. The summed E-state index contributed by atoms with van der Waals surface area (Å²) >= 11 is 0. The number of rotatable bonds is 3. The van der Waals surface area contributed by atoms with Crippen molar-refractivity contribution in [2.45, 2.75) is 5.92 Å². The molecule has 0 aromatic heterocycles. The van der Waals surface area contributed by atoms with E-state index in [0.29, 0.717) is 5.69 Å². The Kier molecular flexibility index (Phi) is 3.56. The number of benzene rings is 2. The van der Waals surface area contributed by atoms with Crippen LogP contribution >= 0.6 is 0 Å². The van der Waals surface area contributed by atoms with Gasteiger partial charge in [0.15, 0.2) is 1.41 Å². The summed E-state index contributed by atoms with van der Waals surface area (Å²) in [6.45, 7) is 0.123. The third kappa shape index (κ3) is 2.83. The Morgan fingerprint density at radius 1 is 1.22 bits per heavy atom. The number of ether oxygens (including phenoxy) is 1. The van der Waals surface area contributed by atoms with E-state index in [1.54, 1.807) is 12.8 Å².